The molecule has 8 heteroatoms. The van der Waals surface area contributed by atoms with Gasteiger partial charge in [-0.15, -0.1) is 0 Å². The van der Waals surface area contributed by atoms with Crippen molar-refractivity contribution in [3.8, 4) is 23.3 Å². The third-order valence-electron chi connectivity index (χ3n) is 4.46. The van der Waals surface area contributed by atoms with Gasteiger partial charge in [0.05, 0.1) is 11.1 Å². The predicted molar refractivity (Wildman–Crippen MR) is 131 cm³/mol. The lowest BCUT2D eigenvalue weighted by Gasteiger charge is -2.15. The fourth-order valence-corrected chi connectivity index (χ4v) is 3.66. The van der Waals surface area contributed by atoms with Crippen LogP contribution in [0.1, 0.15) is 18.1 Å². The Hall–Kier alpha value is -3.47. The number of hydrogen-bond acceptors (Lipinski definition) is 5. The molecule has 33 heavy (non-hydrogen) atoms. The van der Waals surface area contributed by atoms with E-state index in [0.29, 0.717) is 38.9 Å². The van der Waals surface area contributed by atoms with E-state index in [1.165, 1.54) is 30.3 Å². The number of anilines is 1. The van der Waals surface area contributed by atoms with Crippen LogP contribution in [-0.4, -0.2) is 17.6 Å². The highest BCUT2D eigenvalue weighted by atomic mass is 79.9. The van der Waals surface area contributed by atoms with E-state index in [1.807, 2.05) is 31.2 Å². The fraction of sp³-hybridized carbons (Fsp3) is 0.120. The van der Waals surface area contributed by atoms with Crippen LogP contribution in [0.25, 0.3) is 6.08 Å². The van der Waals surface area contributed by atoms with Crippen molar-refractivity contribution < 1.29 is 19.4 Å². The number of halogens is 2. The lowest BCUT2D eigenvalue weighted by atomic mass is 10.1. The molecule has 0 aliphatic heterocycles. The number of aromatic hydroxyl groups is 1. The maximum Gasteiger partial charge on any atom is 0.266 e. The highest BCUT2D eigenvalue weighted by Gasteiger charge is 2.15. The summed E-state index contributed by atoms with van der Waals surface area (Å²) in [5, 5.41) is 22.1. The summed E-state index contributed by atoms with van der Waals surface area (Å²) in [4.78, 5) is 12.5. The molecule has 0 atom stereocenters. The Morgan fingerprint density at radius 1 is 1.18 bits per heavy atom. The van der Waals surface area contributed by atoms with E-state index in [-0.39, 0.29) is 17.9 Å². The molecular weight excluding hydrogens is 508 g/mol. The monoisotopic (exact) mass is 526 g/mol. The maximum atomic E-state index is 12.5. The number of carbonyl (C=O) groups is 1. The van der Waals surface area contributed by atoms with Crippen LogP contribution in [0.5, 0.6) is 17.2 Å². The molecule has 3 aromatic rings. The topological polar surface area (TPSA) is 91.6 Å². The van der Waals surface area contributed by atoms with Gasteiger partial charge in [-0.25, -0.2) is 0 Å². The lowest BCUT2D eigenvalue weighted by Crippen LogP contribution is -2.13. The molecule has 2 N–H and O–H groups in total. The van der Waals surface area contributed by atoms with Gasteiger partial charge in [-0.2, -0.15) is 5.26 Å². The Morgan fingerprint density at radius 3 is 2.58 bits per heavy atom. The number of amides is 1. The lowest BCUT2D eigenvalue weighted by molar-refractivity contribution is -0.112. The minimum atomic E-state index is -0.573. The molecular formula is C25H20BrClN2O4. The number of ether oxygens (including phenoxy) is 2. The Labute approximate surface area is 205 Å². The molecule has 3 aromatic carbocycles. The van der Waals surface area contributed by atoms with Gasteiger partial charge in [0, 0.05) is 16.3 Å². The van der Waals surface area contributed by atoms with Crippen molar-refractivity contribution in [1.82, 2.24) is 0 Å². The van der Waals surface area contributed by atoms with Gasteiger partial charge in [-0.05, 0) is 77.0 Å². The van der Waals surface area contributed by atoms with Gasteiger partial charge in [-0.3, -0.25) is 4.79 Å². The average molecular weight is 528 g/mol. The van der Waals surface area contributed by atoms with E-state index in [1.54, 1.807) is 18.2 Å². The van der Waals surface area contributed by atoms with Crippen LogP contribution in [-0.2, 0) is 11.4 Å². The Kier molecular flexibility index (Phi) is 8.36. The predicted octanol–water partition coefficient (Wildman–Crippen LogP) is 6.33. The van der Waals surface area contributed by atoms with Gasteiger partial charge < -0.3 is 19.9 Å². The van der Waals surface area contributed by atoms with Crippen molar-refractivity contribution in [2.45, 2.75) is 13.5 Å². The fourth-order valence-electron chi connectivity index (χ4n) is 2.90. The minimum Gasteiger partial charge on any atom is -0.508 e. The van der Waals surface area contributed by atoms with Gasteiger partial charge in [0.2, 0.25) is 0 Å². The number of nitrogens with one attached hydrogen (secondary N) is 1. The first-order valence-corrected chi connectivity index (χ1v) is 11.1. The number of rotatable bonds is 8. The van der Waals surface area contributed by atoms with E-state index in [0.717, 1.165) is 5.56 Å². The molecule has 0 heterocycles. The molecule has 6 nitrogen and oxygen atoms in total. The normalized spacial score (nSPS) is 10.9. The third-order valence-corrected chi connectivity index (χ3v) is 5.42. The van der Waals surface area contributed by atoms with Crippen LogP contribution in [0, 0.1) is 11.3 Å². The molecule has 1 amide bonds. The average Bonchev–Trinajstić information content (AvgIpc) is 2.79. The molecule has 0 saturated carbocycles. The van der Waals surface area contributed by atoms with Crippen molar-refractivity contribution >= 4 is 45.2 Å². The number of nitriles is 1. The molecule has 0 aliphatic carbocycles. The number of phenols is 1. The number of phenolic OH excluding ortho intramolecular Hbond substituents is 1. The zero-order valence-electron chi connectivity index (χ0n) is 17.6. The summed E-state index contributed by atoms with van der Waals surface area (Å²) >= 11 is 9.71. The Bertz CT molecular complexity index is 1220. The van der Waals surface area contributed by atoms with Crippen molar-refractivity contribution in [3.63, 3.8) is 0 Å². The van der Waals surface area contributed by atoms with Crippen LogP contribution < -0.4 is 14.8 Å². The van der Waals surface area contributed by atoms with E-state index < -0.39 is 5.91 Å². The first-order chi connectivity index (χ1) is 15.9. The van der Waals surface area contributed by atoms with Crippen molar-refractivity contribution in [2.24, 2.45) is 0 Å². The molecule has 0 aliphatic rings. The van der Waals surface area contributed by atoms with Crippen LogP contribution in [0.2, 0.25) is 5.02 Å². The third kappa shape index (κ3) is 6.51. The molecule has 0 saturated heterocycles. The zero-order chi connectivity index (χ0) is 23.8. The minimum absolute atomic E-state index is 0.0780. The summed E-state index contributed by atoms with van der Waals surface area (Å²) in [5.41, 5.74) is 1.77. The highest BCUT2D eigenvalue weighted by Crippen LogP contribution is 2.38. The van der Waals surface area contributed by atoms with Crippen molar-refractivity contribution in [1.29, 1.82) is 5.26 Å². The largest absolute Gasteiger partial charge is 0.508 e. The smallest absolute Gasteiger partial charge is 0.266 e. The molecule has 0 unspecified atom stereocenters. The standard InChI is InChI=1S/C25H20BrClN2O4/c1-2-32-23-13-16(11-18(14-28)25(31)29-19-7-9-20(30)10-8-19)12-21(26)24(23)33-15-17-5-3-4-6-22(17)27/h3-13,30H,2,15H2,1H3,(H,29,31)/b18-11-. The van der Waals surface area contributed by atoms with E-state index in [9.17, 15) is 15.2 Å². The van der Waals surface area contributed by atoms with E-state index >= 15 is 0 Å². The quantitative estimate of drug-likeness (QED) is 0.203. The van der Waals surface area contributed by atoms with Crippen molar-refractivity contribution in [3.05, 3.63) is 86.9 Å². The Balaban J connectivity index is 1.85. The molecule has 0 spiro atoms. The Morgan fingerprint density at radius 2 is 1.91 bits per heavy atom. The van der Waals surface area contributed by atoms with E-state index in [4.69, 9.17) is 21.1 Å². The molecule has 0 aromatic heterocycles. The second-order valence-electron chi connectivity index (χ2n) is 6.81. The van der Waals surface area contributed by atoms with Gasteiger partial charge in [0.25, 0.3) is 5.91 Å². The van der Waals surface area contributed by atoms with Gasteiger partial charge in [-0.1, -0.05) is 29.8 Å². The molecule has 0 fully saturated rings. The van der Waals surface area contributed by atoms with Crippen LogP contribution in [0.4, 0.5) is 5.69 Å². The molecule has 168 valence electrons. The van der Waals surface area contributed by atoms with Crippen LogP contribution in [0.3, 0.4) is 0 Å². The second-order valence-corrected chi connectivity index (χ2v) is 8.08. The highest BCUT2D eigenvalue weighted by molar-refractivity contribution is 9.10. The zero-order valence-corrected chi connectivity index (χ0v) is 20.0. The molecule has 0 bridgehead atoms. The number of hydrogen-bond donors (Lipinski definition) is 2. The number of benzene rings is 3. The number of carbonyl (C=O) groups excluding carboxylic acids is 1. The first kappa shape index (κ1) is 24.2. The summed E-state index contributed by atoms with van der Waals surface area (Å²) in [6.07, 6.45) is 1.46. The van der Waals surface area contributed by atoms with Crippen molar-refractivity contribution in [2.75, 3.05) is 11.9 Å². The summed E-state index contributed by atoms with van der Waals surface area (Å²) in [5.74, 6) is 0.452. The van der Waals surface area contributed by atoms with Crippen LogP contribution in [0.15, 0.2) is 70.7 Å². The molecule has 0 radical (unpaired) electrons. The SMILES string of the molecule is CCOc1cc(/C=C(/C#N)C(=O)Nc2ccc(O)cc2)cc(Br)c1OCc1ccccc1Cl. The summed E-state index contributed by atoms with van der Waals surface area (Å²) < 4.78 is 12.3. The summed E-state index contributed by atoms with van der Waals surface area (Å²) in [7, 11) is 0. The maximum absolute atomic E-state index is 12.5. The summed E-state index contributed by atoms with van der Waals surface area (Å²) in [6, 6.07) is 18.7. The second kappa shape index (κ2) is 11.4. The molecule has 3 rings (SSSR count). The van der Waals surface area contributed by atoms with E-state index in [2.05, 4.69) is 21.2 Å². The number of nitrogens with zero attached hydrogens (tertiary/aromatic N) is 1. The van der Waals surface area contributed by atoms with Gasteiger partial charge >= 0.3 is 0 Å². The first-order valence-electron chi connectivity index (χ1n) is 9.96. The van der Waals surface area contributed by atoms with Crippen LogP contribution >= 0.6 is 27.5 Å². The summed E-state index contributed by atoms with van der Waals surface area (Å²) in [6.45, 7) is 2.49. The van der Waals surface area contributed by atoms with Gasteiger partial charge in [0.1, 0.15) is 24.0 Å². The van der Waals surface area contributed by atoms with Gasteiger partial charge in [0.15, 0.2) is 11.5 Å².